The summed E-state index contributed by atoms with van der Waals surface area (Å²) in [5, 5.41) is 2.83. The van der Waals surface area contributed by atoms with Gasteiger partial charge < -0.3 is 10.2 Å². The Morgan fingerprint density at radius 1 is 1.21 bits per heavy atom. The zero-order valence-electron chi connectivity index (χ0n) is 15.1. The number of hydrogen-bond acceptors (Lipinski definition) is 3. The normalized spacial score (nSPS) is 17.5. The summed E-state index contributed by atoms with van der Waals surface area (Å²) in [6.45, 7) is 0.577. The van der Waals surface area contributed by atoms with Crippen molar-refractivity contribution < 1.29 is 22.8 Å². The van der Waals surface area contributed by atoms with Crippen LogP contribution in [-0.4, -0.2) is 28.2 Å². The second-order valence-electron chi connectivity index (χ2n) is 6.79. The molecule has 0 saturated carbocycles. The summed E-state index contributed by atoms with van der Waals surface area (Å²) >= 11 is 0. The van der Waals surface area contributed by atoms with E-state index in [1.807, 2.05) is 6.07 Å². The molecular formula is C20H20F3N3O2. The van der Waals surface area contributed by atoms with E-state index in [0.717, 1.165) is 17.7 Å². The van der Waals surface area contributed by atoms with Crippen molar-refractivity contribution in [1.82, 2.24) is 15.2 Å². The van der Waals surface area contributed by atoms with Gasteiger partial charge in [0, 0.05) is 38.4 Å². The molecule has 5 nitrogen and oxygen atoms in total. The van der Waals surface area contributed by atoms with Gasteiger partial charge in [0.1, 0.15) is 0 Å². The number of carbonyl (C=O) groups excluding carboxylic acids is 2. The van der Waals surface area contributed by atoms with Gasteiger partial charge in [0.05, 0.1) is 11.5 Å². The lowest BCUT2D eigenvalue weighted by atomic mass is 9.96. The fourth-order valence-corrected chi connectivity index (χ4v) is 3.18. The van der Waals surface area contributed by atoms with Crippen LogP contribution in [0.2, 0.25) is 0 Å². The lowest BCUT2D eigenvalue weighted by Gasteiger charge is -2.32. The number of amides is 2. The Morgan fingerprint density at radius 3 is 2.71 bits per heavy atom. The zero-order chi connectivity index (χ0) is 20.1. The van der Waals surface area contributed by atoms with Crippen LogP contribution >= 0.6 is 0 Å². The van der Waals surface area contributed by atoms with Crippen molar-refractivity contribution in [2.75, 3.05) is 6.54 Å². The Hall–Kier alpha value is -2.90. The molecule has 1 fully saturated rings. The highest BCUT2D eigenvalue weighted by Crippen LogP contribution is 2.30. The van der Waals surface area contributed by atoms with Crippen molar-refractivity contribution in [3.05, 3.63) is 65.5 Å². The molecule has 1 N–H and O–H groups in total. The number of piperidine rings is 1. The van der Waals surface area contributed by atoms with Crippen LogP contribution < -0.4 is 5.32 Å². The van der Waals surface area contributed by atoms with Gasteiger partial charge >= 0.3 is 6.18 Å². The fourth-order valence-electron chi connectivity index (χ4n) is 3.18. The number of likely N-dealkylation sites (tertiary alicyclic amines) is 1. The Bertz CT molecular complexity index is 840. The summed E-state index contributed by atoms with van der Waals surface area (Å²) in [5.74, 6) is -0.723. The highest BCUT2D eigenvalue weighted by molar-refractivity contribution is 5.83. The van der Waals surface area contributed by atoms with Crippen LogP contribution in [0.15, 0.2) is 48.8 Å². The van der Waals surface area contributed by atoms with Gasteiger partial charge in [0.25, 0.3) is 0 Å². The zero-order valence-corrected chi connectivity index (χ0v) is 15.1. The van der Waals surface area contributed by atoms with Crippen LogP contribution in [0.4, 0.5) is 13.2 Å². The third kappa shape index (κ3) is 5.09. The SMILES string of the molecule is O=C(NCc1cccnc1)C1CCC(=O)N(Cc2cccc(C(F)(F)F)c2)C1. The number of nitrogens with zero attached hydrogens (tertiary/aromatic N) is 2. The molecule has 2 aromatic rings. The molecule has 1 aromatic heterocycles. The van der Waals surface area contributed by atoms with E-state index >= 15 is 0 Å². The molecule has 0 bridgehead atoms. The van der Waals surface area contributed by atoms with Gasteiger partial charge in [-0.2, -0.15) is 13.2 Å². The Kier molecular flexibility index (Phi) is 5.96. The molecule has 0 spiro atoms. The highest BCUT2D eigenvalue weighted by atomic mass is 19.4. The number of carbonyl (C=O) groups is 2. The number of halogens is 3. The molecule has 1 aromatic carbocycles. The van der Waals surface area contributed by atoms with Gasteiger partial charge in [-0.05, 0) is 35.7 Å². The Labute approximate surface area is 160 Å². The minimum atomic E-state index is -4.43. The van der Waals surface area contributed by atoms with Crippen LogP contribution in [-0.2, 0) is 28.9 Å². The largest absolute Gasteiger partial charge is 0.416 e. The lowest BCUT2D eigenvalue weighted by Crippen LogP contribution is -2.45. The summed E-state index contributed by atoms with van der Waals surface area (Å²) in [6, 6.07) is 8.53. The second kappa shape index (κ2) is 8.41. The van der Waals surface area contributed by atoms with E-state index in [9.17, 15) is 22.8 Å². The number of alkyl halides is 3. The molecule has 2 heterocycles. The van der Waals surface area contributed by atoms with Crippen molar-refractivity contribution in [3.63, 3.8) is 0 Å². The maximum absolute atomic E-state index is 12.9. The van der Waals surface area contributed by atoms with E-state index in [0.29, 0.717) is 18.5 Å². The Balaban J connectivity index is 1.61. The maximum atomic E-state index is 12.9. The molecule has 1 aliphatic rings. The standard InChI is InChI=1S/C20H20F3N3O2/c21-20(22,23)17-5-1-3-14(9-17)12-26-13-16(6-7-18(26)27)19(28)25-11-15-4-2-8-24-10-15/h1-5,8-10,16H,6-7,11-13H2,(H,25,28). The van der Waals surface area contributed by atoms with Gasteiger partial charge in [-0.25, -0.2) is 0 Å². The van der Waals surface area contributed by atoms with Gasteiger partial charge in [-0.15, -0.1) is 0 Å². The van der Waals surface area contributed by atoms with Gasteiger partial charge in [-0.3, -0.25) is 14.6 Å². The first-order valence-corrected chi connectivity index (χ1v) is 8.93. The molecule has 0 aliphatic carbocycles. The van der Waals surface area contributed by atoms with E-state index in [2.05, 4.69) is 10.3 Å². The lowest BCUT2D eigenvalue weighted by molar-refractivity contribution is -0.139. The Morgan fingerprint density at radius 2 is 2.00 bits per heavy atom. The first kappa shape index (κ1) is 19.9. The number of pyridine rings is 1. The average molecular weight is 391 g/mol. The number of hydrogen-bond donors (Lipinski definition) is 1. The second-order valence-corrected chi connectivity index (χ2v) is 6.79. The monoisotopic (exact) mass is 391 g/mol. The first-order valence-electron chi connectivity index (χ1n) is 8.93. The minimum absolute atomic E-state index is 0.0507. The molecule has 1 aliphatic heterocycles. The van der Waals surface area contributed by atoms with E-state index in [4.69, 9.17) is 0 Å². The average Bonchev–Trinajstić information content (AvgIpc) is 2.68. The quantitative estimate of drug-likeness (QED) is 0.852. The van der Waals surface area contributed by atoms with E-state index in [1.165, 1.54) is 11.0 Å². The van der Waals surface area contributed by atoms with Crippen molar-refractivity contribution in [2.45, 2.75) is 32.1 Å². The van der Waals surface area contributed by atoms with E-state index < -0.39 is 11.7 Å². The van der Waals surface area contributed by atoms with Crippen LogP contribution in [0.3, 0.4) is 0 Å². The molecule has 148 valence electrons. The van der Waals surface area contributed by atoms with Crippen LogP contribution in [0.5, 0.6) is 0 Å². The molecule has 8 heteroatoms. The molecule has 0 radical (unpaired) electrons. The molecule has 28 heavy (non-hydrogen) atoms. The number of benzene rings is 1. The highest BCUT2D eigenvalue weighted by Gasteiger charge is 2.32. The van der Waals surface area contributed by atoms with Crippen LogP contribution in [0, 0.1) is 5.92 Å². The predicted molar refractivity (Wildman–Crippen MR) is 95.7 cm³/mol. The molecule has 1 atom stereocenters. The molecule has 1 unspecified atom stereocenters. The summed E-state index contributed by atoms with van der Waals surface area (Å²) < 4.78 is 38.6. The minimum Gasteiger partial charge on any atom is -0.352 e. The number of rotatable bonds is 5. The third-order valence-corrected chi connectivity index (χ3v) is 4.69. The topological polar surface area (TPSA) is 62.3 Å². The van der Waals surface area contributed by atoms with Crippen molar-refractivity contribution in [1.29, 1.82) is 0 Å². The first-order chi connectivity index (χ1) is 13.3. The van der Waals surface area contributed by atoms with Gasteiger partial charge in [0.15, 0.2) is 0 Å². The van der Waals surface area contributed by atoms with Crippen molar-refractivity contribution in [2.24, 2.45) is 5.92 Å². The summed E-state index contributed by atoms with van der Waals surface area (Å²) in [6.07, 6.45) is -0.508. The van der Waals surface area contributed by atoms with Gasteiger partial charge in [0.2, 0.25) is 11.8 Å². The summed E-state index contributed by atoms with van der Waals surface area (Å²) in [4.78, 5) is 30.1. The maximum Gasteiger partial charge on any atom is 0.416 e. The third-order valence-electron chi connectivity index (χ3n) is 4.69. The number of aromatic nitrogens is 1. The summed E-state index contributed by atoms with van der Waals surface area (Å²) in [7, 11) is 0. The van der Waals surface area contributed by atoms with Gasteiger partial charge in [-0.1, -0.05) is 18.2 Å². The molecule has 2 amide bonds. The fraction of sp³-hybridized carbons (Fsp3) is 0.350. The smallest absolute Gasteiger partial charge is 0.352 e. The predicted octanol–water partition coefficient (Wildman–Crippen LogP) is 3.16. The van der Waals surface area contributed by atoms with Crippen LogP contribution in [0.25, 0.3) is 0 Å². The van der Waals surface area contributed by atoms with E-state index in [-0.39, 0.29) is 37.2 Å². The van der Waals surface area contributed by atoms with Crippen molar-refractivity contribution >= 4 is 11.8 Å². The number of nitrogens with one attached hydrogen (secondary N) is 1. The van der Waals surface area contributed by atoms with Crippen LogP contribution in [0.1, 0.15) is 29.5 Å². The summed E-state index contributed by atoms with van der Waals surface area (Å²) in [5.41, 5.74) is 0.503. The van der Waals surface area contributed by atoms with Crippen molar-refractivity contribution in [3.8, 4) is 0 Å². The molecule has 3 rings (SSSR count). The molecule has 1 saturated heterocycles. The molecular weight excluding hydrogens is 371 g/mol. The van der Waals surface area contributed by atoms with E-state index in [1.54, 1.807) is 24.5 Å².